The van der Waals surface area contributed by atoms with Crippen molar-refractivity contribution in [2.24, 2.45) is 10.9 Å². The van der Waals surface area contributed by atoms with Crippen LogP contribution in [0.25, 0.3) is 10.9 Å². The summed E-state index contributed by atoms with van der Waals surface area (Å²) in [6.07, 6.45) is 0.425. The summed E-state index contributed by atoms with van der Waals surface area (Å²) in [6, 6.07) is 13.9. The van der Waals surface area contributed by atoms with Crippen LogP contribution in [0.2, 0.25) is 0 Å². The van der Waals surface area contributed by atoms with Crippen LogP contribution in [0.15, 0.2) is 47.6 Å². The van der Waals surface area contributed by atoms with Gasteiger partial charge in [0.05, 0.1) is 6.61 Å². The molecule has 4 N–H and O–H groups in total. The van der Waals surface area contributed by atoms with Crippen molar-refractivity contribution in [1.29, 1.82) is 0 Å². The molecule has 2 aromatic carbocycles. The molecule has 1 heterocycles. The van der Waals surface area contributed by atoms with Crippen LogP contribution in [0.4, 0.5) is 0 Å². The van der Waals surface area contributed by atoms with Gasteiger partial charge in [0.1, 0.15) is 0 Å². The fourth-order valence-corrected chi connectivity index (χ4v) is 3.67. The minimum absolute atomic E-state index is 0.100. The third-order valence-corrected chi connectivity index (χ3v) is 4.87. The minimum atomic E-state index is -0.811. The Hall–Kier alpha value is -3.16. The molecule has 0 radical (unpaired) electrons. The first-order valence-electron chi connectivity index (χ1n) is 8.92. The molecular weight excluding hydrogens is 358 g/mol. The third kappa shape index (κ3) is 3.62. The lowest BCUT2D eigenvalue weighted by molar-refractivity contribution is -0.241. The van der Waals surface area contributed by atoms with E-state index < -0.39 is 5.91 Å². The average molecular weight is 381 g/mol. The van der Waals surface area contributed by atoms with Crippen molar-refractivity contribution in [2.45, 2.75) is 26.8 Å². The number of hydrogen-bond acceptors (Lipinski definition) is 5. The number of aryl methyl sites for hydroxylation is 1. The van der Waals surface area contributed by atoms with Crippen LogP contribution in [0.1, 0.15) is 27.9 Å². The Balaban J connectivity index is 2.33. The summed E-state index contributed by atoms with van der Waals surface area (Å²) in [5.41, 5.74) is 10.4. The fourth-order valence-electron chi connectivity index (χ4n) is 3.67. The zero-order valence-electron chi connectivity index (χ0n) is 15.8. The molecule has 0 spiro atoms. The first kappa shape index (κ1) is 19.6. The van der Waals surface area contributed by atoms with E-state index in [-0.39, 0.29) is 12.3 Å². The van der Waals surface area contributed by atoms with Crippen molar-refractivity contribution in [3.05, 3.63) is 70.4 Å². The molecule has 0 aliphatic rings. The van der Waals surface area contributed by atoms with Crippen molar-refractivity contribution in [3.63, 3.8) is 0 Å². The molecule has 146 valence electrons. The van der Waals surface area contributed by atoms with Crippen molar-refractivity contribution >= 4 is 22.5 Å². The lowest BCUT2D eigenvalue weighted by Gasteiger charge is -2.10. The highest BCUT2D eigenvalue weighted by Gasteiger charge is 2.25. The average Bonchev–Trinajstić information content (AvgIpc) is 2.93. The number of aromatic nitrogens is 1. The first-order chi connectivity index (χ1) is 13.5. The molecule has 0 saturated heterocycles. The summed E-state index contributed by atoms with van der Waals surface area (Å²) in [5, 5.41) is 22.2. The largest absolute Gasteiger partial charge is 0.410 e. The van der Waals surface area contributed by atoms with Crippen molar-refractivity contribution in [1.82, 2.24) is 4.57 Å². The molecule has 1 amide bonds. The highest BCUT2D eigenvalue weighted by molar-refractivity contribution is 6.47. The lowest BCUT2D eigenvalue weighted by Crippen LogP contribution is -2.25. The summed E-state index contributed by atoms with van der Waals surface area (Å²) in [7, 11) is 0. The zero-order chi connectivity index (χ0) is 20.3. The number of primary amides is 1. The molecule has 1 aromatic heterocycles. The van der Waals surface area contributed by atoms with Gasteiger partial charge in [-0.3, -0.25) is 10.1 Å². The maximum absolute atomic E-state index is 11.9. The minimum Gasteiger partial charge on any atom is -0.410 e. The summed E-state index contributed by atoms with van der Waals surface area (Å²) in [6.45, 7) is 4.53. The van der Waals surface area contributed by atoms with E-state index in [1.54, 1.807) is 0 Å². The summed E-state index contributed by atoms with van der Waals surface area (Å²) in [5.74, 6) is -0.811. The van der Waals surface area contributed by atoms with Crippen molar-refractivity contribution in [2.75, 3.05) is 6.61 Å². The van der Waals surface area contributed by atoms with Crippen molar-refractivity contribution in [3.8, 4) is 0 Å². The van der Waals surface area contributed by atoms with Gasteiger partial charge in [0.2, 0.25) is 0 Å². The van der Waals surface area contributed by atoms with Crippen LogP contribution >= 0.6 is 0 Å². The molecule has 0 bridgehead atoms. The predicted molar refractivity (Wildman–Crippen MR) is 107 cm³/mol. The van der Waals surface area contributed by atoms with E-state index in [1.165, 1.54) is 0 Å². The van der Waals surface area contributed by atoms with Gasteiger partial charge in [0.15, 0.2) is 5.71 Å². The number of oxime groups is 1. The quantitative estimate of drug-likeness (QED) is 0.253. The Morgan fingerprint density at radius 2 is 1.93 bits per heavy atom. The van der Waals surface area contributed by atoms with Crippen molar-refractivity contribution < 1.29 is 20.1 Å². The van der Waals surface area contributed by atoms with Gasteiger partial charge in [-0.1, -0.05) is 41.6 Å². The molecular formula is C21H23N3O4. The molecule has 28 heavy (non-hydrogen) atoms. The molecule has 0 aliphatic heterocycles. The van der Waals surface area contributed by atoms with Gasteiger partial charge >= 0.3 is 0 Å². The molecule has 7 nitrogen and oxygen atoms in total. The van der Waals surface area contributed by atoms with E-state index in [0.717, 1.165) is 33.3 Å². The van der Waals surface area contributed by atoms with Gasteiger partial charge in [-0.2, -0.15) is 0 Å². The normalized spacial score (nSPS) is 11.9. The highest BCUT2D eigenvalue weighted by atomic mass is 17.1. The number of nitrogens with zero attached hydrogens (tertiary/aromatic N) is 2. The molecule has 0 aliphatic carbocycles. The second-order valence-corrected chi connectivity index (χ2v) is 6.75. The van der Waals surface area contributed by atoms with Crippen LogP contribution in [0.3, 0.4) is 0 Å². The lowest BCUT2D eigenvalue weighted by atomic mass is 9.97. The molecule has 3 aromatic rings. The topological polar surface area (TPSA) is 110 Å². The van der Waals surface area contributed by atoms with Crippen LogP contribution < -0.4 is 5.73 Å². The SMILES string of the molecule is Cc1cc(CCOO)c2c(/C(=N\O)C(N)=O)c(C)n(Cc3ccccc3)c2c1. The van der Waals surface area contributed by atoms with E-state index in [0.29, 0.717) is 18.5 Å². The number of carbonyl (C=O) groups excluding carboxylic acids is 1. The van der Waals surface area contributed by atoms with Gasteiger partial charge < -0.3 is 15.5 Å². The van der Waals surface area contributed by atoms with E-state index in [4.69, 9.17) is 11.0 Å². The number of fused-ring (bicyclic) bond motifs is 1. The second-order valence-electron chi connectivity index (χ2n) is 6.75. The maximum atomic E-state index is 11.9. The number of nitrogens with two attached hydrogens (primary N) is 1. The molecule has 0 saturated carbocycles. The third-order valence-electron chi connectivity index (χ3n) is 4.87. The maximum Gasteiger partial charge on any atom is 0.271 e. The van der Waals surface area contributed by atoms with Crippen LogP contribution in [-0.4, -0.2) is 33.3 Å². The summed E-state index contributed by atoms with van der Waals surface area (Å²) < 4.78 is 2.07. The number of hydrogen-bond donors (Lipinski definition) is 3. The summed E-state index contributed by atoms with van der Waals surface area (Å²) in [4.78, 5) is 16.2. The van der Waals surface area contributed by atoms with Gasteiger partial charge in [-0.25, -0.2) is 4.89 Å². The number of carbonyl (C=O) groups is 1. The van der Waals surface area contributed by atoms with E-state index in [2.05, 4.69) is 14.6 Å². The standard InChI is InChI=1S/C21H23N3O4/c1-13-10-16(8-9-28-27)19-17(11-13)24(12-15-6-4-3-5-7-15)14(2)18(19)20(23-26)21(22)25/h3-7,10-11,26-27H,8-9,12H2,1-2H3,(H2,22,25)/b23-20+. The molecule has 0 fully saturated rings. The Morgan fingerprint density at radius 1 is 1.21 bits per heavy atom. The van der Waals surface area contributed by atoms with Gasteiger partial charge in [-0.05, 0) is 43.0 Å². The second kappa shape index (κ2) is 8.24. The Labute approximate surface area is 162 Å². The van der Waals surface area contributed by atoms with E-state index in [1.807, 2.05) is 56.3 Å². The van der Waals surface area contributed by atoms with Crippen LogP contribution in [-0.2, 0) is 22.6 Å². The fraction of sp³-hybridized carbons (Fsp3) is 0.238. The molecule has 0 atom stereocenters. The zero-order valence-corrected chi connectivity index (χ0v) is 15.8. The summed E-state index contributed by atoms with van der Waals surface area (Å²) >= 11 is 0. The smallest absolute Gasteiger partial charge is 0.271 e. The number of amides is 1. The van der Waals surface area contributed by atoms with E-state index in [9.17, 15) is 10.0 Å². The van der Waals surface area contributed by atoms with Crippen LogP contribution in [0, 0.1) is 13.8 Å². The van der Waals surface area contributed by atoms with Gasteiger partial charge in [0.25, 0.3) is 5.91 Å². The monoisotopic (exact) mass is 381 g/mol. The van der Waals surface area contributed by atoms with Gasteiger partial charge in [-0.15, -0.1) is 0 Å². The first-order valence-corrected chi connectivity index (χ1v) is 8.92. The highest BCUT2D eigenvalue weighted by Crippen LogP contribution is 2.32. The van der Waals surface area contributed by atoms with Gasteiger partial charge in [0, 0.05) is 28.7 Å². The van der Waals surface area contributed by atoms with E-state index >= 15 is 0 Å². The number of benzene rings is 2. The van der Waals surface area contributed by atoms with Crippen LogP contribution in [0.5, 0.6) is 0 Å². The molecule has 0 unspecified atom stereocenters. The number of rotatable bonds is 7. The molecule has 3 rings (SSSR count). The molecule has 7 heteroatoms. The Bertz CT molecular complexity index is 1040. The Kier molecular flexibility index (Phi) is 5.77. The Morgan fingerprint density at radius 3 is 2.54 bits per heavy atom. The predicted octanol–water partition coefficient (Wildman–Crippen LogP) is 3.00.